The van der Waals surface area contributed by atoms with Gasteiger partial charge < -0.3 is 9.64 Å². The monoisotopic (exact) mass is 407 g/mol. The lowest BCUT2D eigenvalue weighted by Crippen LogP contribution is -2.27. The highest BCUT2D eigenvalue weighted by Crippen LogP contribution is 2.22. The van der Waals surface area contributed by atoms with Crippen LogP contribution in [0.1, 0.15) is 43.0 Å². The number of esters is 1. The number of hydrogen-bond donors (Lipinski definition) is 0. The number of nitrogens with zero attached hydrogens (tertiary/aromatic N) is 1. The molecule has 0 unspecified atom stereocenters. The second-order valence-corrected chi connectivity index (χ2v) is 7.20. The molecular weight excluding hydrogens is 386 g/mol. The van der Waals surface area contributed by atoms with E-state index in [4.69, 9.17) is 4.74 Å². The van der Waals surface area contributed by atoms with E-state index in [2.05, 4.69) is 24.0 Å². The summed E-state index contributed by atoms with van der Waals surface area (Å²) in [6, 6.07) is 22.7. The molecule has 1 heterocycles. The van der Waals surface area contributed by atoms with Crippen molar-refractivity contribution in [2.75, 3.05) is 7.11 Å². The number of amides is 1. The van der Waals surface area contributed by atoms with E-state index in [9.17, 15) is 9.59 Å². The summed E-state index contributed by atoms with van der Waals surface area (Å²) < 4.78 is 4.70. The SMILES string of the molecule is COC(=O)c1ccc(C(=O)N2C=Cc3ccc(C#CCc4ccccc4)cc3C2)cc1. The van der Waals surface area contributed by atoms with Crippen LogP contribution in [-0.2, 0) is 17.7 Å². The average Bonchev–Trinajstić information content (AvgIpc) is 2.83. The van der Waals surface area contributed by atoms with Crippen LogP contribution in [0, 0.1) is 11.8 Å². The van der Waals surface area contributed by atoms with Gasteiger partial charge in [0.25, 0.3) is 5.91 Å². The van der Waals surface area contributed by atoms with Crippen LogP contribution in [0.2, 0.25) is 0 Å². The molecule has 0 saturated heterocycles. The van der Waals surface area contributed by atoms with Crippen molar-refractivity contribution in [3.63, 3.8) is 0 Å². The number of hydrogen-bond acceptors (Lipinski definition) is 3. The molecule has 1 aliphatic heterocycles. The molecule has 0 saturated carbocycles. The maximum atomic E-state index is 12.9. The Balaban J connectivity index is 1.47. The lowest BCUT2D eigenvalue weighted by atomic mass is 10.0. The van der Waals surface area contributed by atoms with Crippen LogP contribution in [0.5, 0.6) is 0 Å². The summed E-state index contributed by atoms with van der Waals surface area (Å²) in [4.78, 5) is 26.1. The van der Waals surface area contributed by atoms with Gasteiger partial charge in [-0.15, -0.1) is 0 Å². The lowest BCUT2D eigenvalue weighted by molar-refractivity contribution is 0.0600. The molecule has 0 radical (unpaired) electrons. The number of fused-ring (bicyclic) bond motifs is 1. The van der Waals surface area contributed by atoms with E-state index in [1.807, 2.05) is 42.5 Å². The first-order chi connectivity index (χ1) is 15.1. The van der Waals surface area contributed by atoms with Crippen molar-refractivity contribution in [2.45, 2.75) is 13.0 Å². The van der Waals surface area contributed by atoms with Gasteiger partial charge in [0, 0.05) is 23.7 Å². The summed E-state index contributed by atoms with van der Waals surface area (Å²) >= 11 is 0. The Hall–Kier alpha value is -4.10. The molecule has 0 N–H and O–H groups in total. The van der Waals surface area contributed by atoms with Gasteiger partial charge in [-0.2, -0.15) is 0 Å². The summed E-state index contributed by atoms with van der Waals surface area (Å²) in [5, 5.41) is 0. The van der Waals surface area contributed by atoms with Crippen LogP contribution in [0.4, 0.5) is 0 Å². The van der Waals surface area contributed by atoms with Crippen molar-refractivity contribution < 1.29 is 14.3 Å². The van der Waals surface area contributed by atoms with Gasteiger partial charge in [-0.1, -0.05) is 48.2 Å². The minimum atomic E-state index is -0.424. The summed E-state index contributed by atoms with van der Waals surface area (Å²) in [7, 11) is 1.33. The van der Waals surface area contributed by atoms with Crippen LogP contribution in [0.15, 0.2) is 79.0 Å². The van der Waals surface area contributed by atoms with Gasteiger partial charge in [-0.3, -0.25) is 4.79 Å². The van der Waals surface area contributed by atoms with E-state index in [1.165, 1.54) is 12.7 Å². The molecule has 3 aromatic rings. The fourth-order valence-electron chi connectivity index (χ4n) is 3.41. The number of ether oxygens (including phenoxy) is 1. The topological polar surface area (TPSA) is 46.6 Å². The number of carbonyl (C=O) groups is 2. The quantitative estimate of drug-likeness (QED) is 0.467. The molecule has 31 heavy (non-hydrogen) atoms. The van der Waals surface area contributed by atoms with E-state index in [-0.39, 0.29) is 5.91 Å². The summed E-state index contributed by atoms with van der Waals surface area (Å²) in [5.74, 6) is 5.89. The Morgan fingerprint density at radius 2 is 1.71 bits per heavy atom. The fourth-order valence-corrected chi connectivity index (χ4v) is 3.41. The highest BCUT2D eigenvalue weighted by Gasteiger charge is 2.19. The van der Waals surface area contributed by atoms with Crippen LogP contribution < -0.4 is 0 Å². The van der Waals surface area contributed by atoms with Gasteiger partial charge in [-0.05, 0) is 59.2 Å². The summed E-state index contributed by atoms with van der Waals surface area (Å²) in [6.45, 7) is 0.470. The standard InChI is InChI=1S/C27H21NO3/c1-31-27(30)24-14-12-23(13-15-24)26(29)28-17-16-22-11-10-21(18-25(22)19-28)9-5-8-20-6-3-2-4-7-20/h2-4,6-7,10-18H,8,19H2,1H3. The number of carbonyl (C=O) groups excluding carboxylic acids is 2. The minimum absolute atomic E-state index is 0.126. The molecular formula is C27H21NO3. The van der Waals surface area contributed by atoms with Gasteiger partial charge in [0.1, 0.15) is 0 Å². The molecule has 0 aliphatic carbocycles. The molecule has 0 bridgehead atoms. The molecule has 4 nitrogen and oxygen atoms in total. The molecule has 4 heteroatoms. The first-order valence-electron chi connectivity index (χ1n) is 9.97. The molecule has 0 aromatic heterocycles. The fraction of sp³-hybridized carbons (Fsp3) is 0.111. The smallest absolute Gasteiger partial charge is 0.337 e. The molecule has 4 rings (SSSR count). The average molecular weight is 407 g/mol. The lowest BCUT2D eigenvalue weighted by Gasteiger charge is -2.24. The number of rotatable bonds is 3. The maximum absolute atomic E-state index is 12.9. The highest BCUT2D eigenvalue weighted by atomic mass is 16.5. The summed E-state index contributed by atoms with van der Waals surface area (Å²) in [5.41, 5.74) is 5.18. The zero-order chi connectivity index (χ0) is 21.6. The third-order valence-corrected chi connectivity index (χ3v) is 5.10. The molecule has 0 atom stereocenters. The van der Waals surface area contributed by atoms with Crippen molar-refractivity contribution >= 4 is 18.0 Å². The van der Waals surface area contributed by atoms with Crippen LogP contribution in [-0.4, -0.2) is 23.9 Å². The van der Waals surface area contributed by atoms with E-state index in [0.717, 1.165) is 16.7 Å². The third kappa shape index (κ3) is 4.73. The molecule has 1 aliphatic rings. The molecule has 0 fully saturated rings. The predicted molar refractivity (Wildman–Crippen MR) is 120 cm³/mol. The first kappa shape index (κ1) is 20.2. The Labute approximate surface area is 181 Å². The Morgan fingerprint density at radius 3 is 2.45 bits per heavy atom. The molecule has 152 valence electrons. The van der Waals surface area contributed by atoms with Gasteiger partial charge in [0.05, 0.1) is 19.2 Å². The van der Waals surface area contributed by atoms with Gasteiger partial charge in [0.2, 0.25) is 0 Å². The van der Waals surface area contributed by atoms with Crippen molar-refractivity contribution in [1.29, 1.82) is 0 Å². The van der Waals surface area contributed by atoms with E-state index < -0.39 is 5.97 Å². The van der Waals surface area contributed by atoms with Crippen LogP contribution in [0.25, 0.3) is 6.08 Å². The third-order valence-electron chi connectivity index (χ3n) is 5.10. The predicted octanol–water partition coefficient (Wildman–Crippen LogP) is 4.69. The zero-order valence-electron chi connectivity index (χ0n) is 17.2. The zero-order valence-corrected chi connectivity index (χ0v) is 17.2. The van der Waals surface area contributed by atoms with E-state index >= 15 is 0 Å². The Bertz CT molecular complexity index is 1200. The van der Waals surface area contributed by atoms with E-state index in [0.29, 0.717) is 24.1 Å². The summed E-state index contributed by atoms with van der Waals surface area (Å²) in [6.07, 6.45) is 4.42. The van der Waals surface area contributed by atoms with Gasteiger partial charge in [-0.25, -0.2) is 4.79 Å². The molecule has 0 spiro atoms. The van der Waals surface area contributed by atoms with E-state index in [1.54, 1.807) is 35.4 Å². The Morgan fingerprint density at radius 1 is 0.968 bits per heavy atom. The van der Waals surface area contributed by atoms with Crippen molar-refractivity contribution in [1.82, 2.24) is 4.90 Å². The van der Waals surface area contributed by atoms with Crippen LogP contribution in [0.3, 0.4) is 0 Å². The first-order valence-corrected chi connectivity index (χ1v) is 9.97. The highest BCUT2D eigenvalue weighted by molar-refractivity contribution is 5.97. The number of benzene rings is 3. The van der Waals surface area contributed by atoms with Crippen molar-refractivity contribution in [2.24, 2.45) is 0 Å². The minimum Gasteiger partial charge on any atom is -0.465 e. The van der Waals surface area contributed by atoms with Gasteiger partial charge >= 0.3 is 5.97 Å². The van der Waals surface area contributed by atoms with Crippen molar-refractivity contribution in [3.8, 4) is 11.8 Å². The number of methoxy groups -OCH3 is 1. The van der Waals surface area contributed by atoms with Gasteiger partial charge in [0.15, 0.2) is 0 Å². The largest absolute Gasteiger partial charge is 0.465 e. The molecule has 3 aromatic carbocycles. The second-order valence-electron chi connectivity index (χ2n) is 7.20. The second kappa shape index (κ2) is 9.15. The van der Waals surface area contributed by atoms with Crippen LogP contribution >= 0.6 is 0 Å². The maximum Gasteiger partial charge on any atom is 0.337 e. The normalized spacial score (nSPS) is 11.8. The van der Waals surface area contributed by atoms with Crippen molar-refractivity contribution in [3.05, 3.63) is 112 Å². The molecule has 1 amide bonds. The Kier molecular flexibility index (Phi) is 5.96.